The number of nitrogens with zero attached hydrogens (tertiary/aromatic N) is 2. The molecule has 1 aliphatic heterocycles. The first kappa shape index (κ1) is 18.6. The molecule has 2 amide bonds. The van der Waals surface area contributed by atoms with Crippen LogP contribution in [0.3, 0.4) is 0 Å². The molecule has 1 saturated heterocycles. The van der Waals surface area contributed by atoms with E-state index in [9.17, 15) is 19.7 Å². The van der Waals surface area contributed by atoms with Crippen molar-refractivity contribution < 1.29 is 14.5 Å². The topological polar surface area (TPSA) is 114 Å². The van der Waals surface area contributed by atoms with E-state index in [4.69, 9.17) is 0 Å². The van der Waals surface area contributed by atoms with Gasteiger partial charge in [-0.3, -0.25) is 24.7 Å². The molecular weight excluding hydrogens is 368 g/mol. The van der Waals surface area contributed by atoms with Crippen LogP contribution in [0.4, 0.5) is 11.4 Å². The summed E-state index contributed by atoms with van der Waals surface area (Å²) >= 11 is 1.21. The number of benzene rings is 2. The molecule has 0 aliphatic carbocycles. The van der Waals surface area contributed by atoms with Crippen molar-refractivity contribution in [3.05, 3.63) is 70.3 Å². The van der Waals surface area contributed by atoms with Gasteiger partial charge in [-0.15, -0.1) is 0 Å². The highest BCUT2D eigenvalue weighted by molar-refractivity contribution is 8.15. The van der Waals surface area contributed by atoms with Crippen LogP contribution in [0.5, 0.6) is 0 Å². The number of hydrogen-bond acceptors (Lipinski definition) is 6. The molecule has 9 heteroatoms. The van der Waals surface area contributed by atoms with Crippen molar-refractivity contribution in [1.29, 1.82) is 0 Å². The fraction of sp³-hybridized carbons (Fsp3) is 0.167. The monoisotopic (exact) mass is 384 g/mol. The highest BCUT2D eigenvalue weighted by Crippen LogP contribution is 2.24. The third-order valence-corrected chi connectivity index (χ3v) is 4.86. The molecule has 2 aromatic rings. The molecule has 2 aromatic carbocycles. The smallest absolute Gasteiger partial charge is 0.271 e. The summed E-state index contributed by atoms with van der Waals surface area (Å²) in [6.07, 6.45) is -0.0520. The van der Waals surface area contributed by atoms with E-state index < -0.39 is 16.1 Å². The second kappa shape index (κ2) is 8.45. The van der Waals surface area contributed by atoms with Gasteiger partial charge in [0.05, 0.1) is 11.5 Å². The summed E-state index contributed by atoms with van der Waals surface area (Å²) in [7, 11) is 0. The van der Waals surface area contributed by atoms with Crippen LogP contribution in [0.1, 0.15) is 12.0 Å². The molecule has 0 radical (unpaired) electrons. The number of amides is 2. The molecule has 0 spiro atoms. The van der Waals surface area contributed by atoms with Crippen molar-refractivity contribution in [3.8, 4) is 0 Å². The van der Waals surface area contributed by atoms with Crippen molar-refractivity contribution >= 4 is 40.1 Å². The normalized spacial score (nSPS) is 17.6. The van der Waals surface area contributed by atoms with E-state index in [0.29, 0.717) is 17.4 Å². The Hall–Kier alpha value is -3.20. The Kier molecular flexibility index (Phi) is 5.82. The number of anilines is 1. The van der Waals surface area contributed by atoms with Gasteiger partial charge in [-0.25, -0.2) is 0 Å². The first-order valence-corrected chi connectivity index (χ1v) is 8.99. The average Bonchev–Trinajstić information content (AvgIpc) is 3.00. The van der Waals surface area contributed by atoms with Gasteiger partial charge in [0.2, 0.25) is 11.8 Å². The number of carbonyl (C=O) groups excluding carboxylic acids is 2. The van der Waals surface area contributed by atoms with Gasteiger partial charge in [-0.05, 0) is 11.6 Å². The number of carbonyl (C=O) groups is 2. The summed E-state index contributed by atoms with van der Waals surface area (Å²) in [6, 6.07) is 15.3. The lowest BCUT2D eigenvalue weighted by molar-refractivity contribution is -0.384. The Morgan fingerprint density at radius 1 is 1.22 bits per heavy atom. The van der Waals surface area contributed by atoms with Crippen LogP contribution in [0, 0.1) is 10.1 Å². The largest absolute Gasteiger partial charge is 0.326 e. The Bertz CT molecular complexity index is 901. The molecule has 138 valence electrons. The molecule has 8 nitrogen and oxygen atoms in total. The summed E-state index contributed by atoms with van der Waals surface area (Å²) in [4.78, 5) is 38.8. The summed E-state index contributed by atoms with van der Waals surface area (Å²) < 4.78 is 0. The first-order chi connectivity index (χ1) is 13.0. The zero-order chi connectivity index (χ0) is 19.2. The van der Waals surface area contributed by atoms with Crippen molar-refractivity contribution in [3.63, 3.8) is 0 Å². The van der Waals surface area contributed by atoms with E-state index in [1.54, 1.807) is 6.07 Å². The molecule has 1 atom stereocenters. The van der Waals surface area contributed by atoms with Crippen molar-refractivity contribution in [2.75, 3.05) is 5.32 Å². The Morgan fingerprint density at radius 3 is 2.74 bits per heavy atom. The minimum absolute atomic E-state index is 0.0520. The summed E-state index contributed by atoms with van der Waals surface area (Å²) in [6.45, 7) is 0.441. The number of rotatable bonds is 6. The fourth-order valence-corrected chi connectivity index (χ4v) is 3.41. The second-order valence-electron chi connectivity index (χ2n) is 5.76. The van der Waals surface area contributed by atoms with Gasteiger partial charge in [-0.1, -0.05) is 48.2 Å². The van der Waals surface area contributed by atoms with Crippen LogP contribution in [0.15, 0.2) is 59.6 Å². The summed E-state index contributed by atoms with van der Waals surface area (Å²) in [5, 5.41) is 15.9. The highest BCUT2D eigenvalue weighted by Gasteiger charge is 2.32. The Balaban J connectivity index is 1.56. The lowest BCUT2D eigenvalue weighted by atomic mass is 10.2. The minimum atomic E-state index is -0.585. The zero-order valence-electron chi connectivity index (χ0n) is 14.1. The van der Waals surface area contributed by atoms with E-state index in [1.165, 1.54) is 30.0 Å². The van der Waals surface area contributed by atoms with Gasteiger partial charge >= 0.3 is 0 Å². The van der Waals surface area contributed by atoms with E-state index >= 15 is 0 Å². The molecule has 27 heavy (non-hydrogen) atoms. The lowest BCUT2D eigenvalue weighted by Crippen LogP contribution is -2.28. The number of nitro benzene ring substituents is 1. The number of amidine groups is 1. The maximum atomic E-state index is 12.2. The van der Waals surface area contributed by atoms with Gasteiger partial charge in [-0.2, -0.15) is 0 Å². The van der Waals surface area contributed by atoms with Gasteiger partial charge in [0.25, 0.3) is 5.69 Å². The maximum Gasteiger partial charge on any atom is 0.271 e. The SMILES string of the molecule is O=C(CC1SC(=NCc2ccccc2)NC1=O)Nc1cccc([N+](=O)[O-])c1. The molecule has 1 heterocycles. The van der Waals surface area contributed by atoms with Crippen molar-refractivity contribution in [1.82, 2.24) is 5.32 Å². The average molecular weight is 384 g/mol. The lowest BCUT2D eigenvalue weighted by Gasteiger charge is -2.07. The number of nitrogens with one attached hydrogen (secondary N) is 2. The van der Waals surface area contributed by atoms with Gasteiger partial charge in [0, 0.05) is 24.2 Å². The molecule has 2 N–H and O–H groups in total. The Labute approximate surface area is 159 Å². The van der Waals surface area contributed by atoms with Crippen LogP contribution in [-0.4, -0.2) is 27.2 Å². The Morgan fingerprint density at radius 2 is 2.00 bits per heavy atom. The quantitative estimate of drug-likeness (QED) is 0.587. The van der Waals surface area contributed by atoms with Crippen molar-refractivity contribution in [2.24, 2.45) is 4.99 Å². The van der Waals surface area contributed by atoms with Gasteiger partial charge < -0.3 is 10.6 Å². The van der Waals surface area contributed by atoms with E-state index in [2.05, 4.69) is 15.6 Å². The number of nitro groups is 1. The molecule has 0 bridgehead atoms. The van der Waals surface area contributed by atoms with E-state index in [-0.39, 0.29) is 18.0 Å². The molecule has 3 rings (SSSR count). The zero-order valence-corrected chi connectivity index (χ0v) is 14.9. The van der Waals surface area contributed by atoms with Crippen LogP contribution < -0.4 is 10.6 Å². The van der Waals surface area contributed by atoms with Crippen molar-refractivity contribution in [2.45, 2.75) is 18.2 Å². The molecule has 1 aliphatic rings. The van der Waals surface area contributed by atoms with E-state index in [1.807, 2.05) is 30.3 Å². The number of aliphatic imine (C=N–C) groups is 1. The maximum absolute atomic E-state index is 12.2. The molecule has 1 unspecified atom stereocenters. The van der Waals surface area contributed by atoms with Crippen LogP contribution in [-0.2, 0) is 16.1 Å². The fourth-order valence-electron chi connectivity index (χ4n) is 2.44. The molecule has 1 fully saturated rings. The van der Waals surface area contributed by atoms with Gasteiger partial charge in [0.1, 0.15) is 5.25 Å². The highest BCUT2D eigenvalue weighted by atomic mass is 32.2. The molecular formula is C18H16N4O4S. The molecule has 0 saturated carbocycles. The minimum Gasteiger partial charge on any atom is -0.326 e. The van der Waals surface area contributed by atoms with Crippen LogP contribution in [0.2, 0.25) is 0 Å². The number of hydrogen-bond donors (Lipinski definition) is 2. The molecule has 0 aromatic heterocycles. The van der Waals surface area contributed by atoms with Crippen LogP contribution in [0.25, 0.3) is 0 Å². The van der Waals surface area contributed by atoms with Gasteiger partial charge in [0.15, 0.2) is 5.17 Å². The standard InChI is InChI=1S/C18H16N4O4S/c23-16(20-13-7-4-8-14(9-13)22(25)26)10-15-17(24)21-18(27-15)19-11-12-5-2-1-3-6-12/h1-9,15H,10-11H2,(H,20,23)(H,19,21,24). The third kappa shape index (κ3) is 5.14. The second-order valence-corrected chi connectivity index (χ2v) is 6.95. The third-order valence-electron chi connectivity index (χ3n) is 3.74. The number of non-ortho nitro benzene ring substituents is 1. The predicted molar refractivity (Wildman–Crippen MR) is 103 cm³/mol. The number of thioether (sulfide) groups is 1. The summed E-state index contributed by atoms with van der Waals surface area (Å²) in [5.74, 6) is -0.673. The first-order valence-electron chi connectivity index (χ1n) is 8.11. The van der Waals surface area contributed by atoms with E-state index in [0.717, 1.165) is 5.56 Å². The predicted octanol–water partition coefficient (Wildman–Crippen LogP) is 2.71. The summed E-state index contributed by atoms with van der Waals surface area (Å²) in [5.41, 5.74) is 1.22. The van der Waals surface area contributed by atoms with Crippen LogP contribution >= 0.6 is 11.8 Å².